The fourth-order valence-electron chi connectivity index (χ4n) is 2.50. The van der Waals surface area contributed by atoms with Gasteiger partial charge in [0.2, 0.25) is 11.8 Å². The number of carbonyl (C=O) groups excluding carboxylic acids is 4. The number of carbonyl (C=O) groups is 4. The van der Waals surface area contributed by atoms with Gasteiger partial charge in [0.1, 0.15) is 6.04 Å². The summed E-state index contributed by atoms with van der Waals surface area (Å²) < 4.78 is 0. The van der Waals surface area contributed by atoms with Crippen molar-refractivity contribution in [3.8, 4) is 0 Å². The lowest BCUT2D eigenvalue weighted by molar-refractivity contribution is -0.129. The number of benzene rings is 1. The Labute approximate surface area is 146 Å². The van der Waals surface area contributed by atoms with Crippen molar-refractivity contribution in [2.24, 2.45) is 0 Å². The summed E-state index contributed by atoms with van der Waals surface area (Å²) in [5.74, 6) is -1.43. The van der Waals surface area contributed by atoms with Crippen molar-refractivity contribution in [2.45, 2.75) is 45.7 Å². The minimum absolute atomic E-state index is 0.0160. The van der Waals surface area contributed by atoms with Gasteiger partial charge in [-0.25, -0.2) is 0 Å². The first-order valence-electron chi connectivity index (χ1n) is 8.40. The molecule has 0 aliphatic carbocycles. The predicted octanol–water partition coefficient (Wildman–Crippen LogP) is 1.09. The number of nitrogens with one attached hydrogen (secondary N) is 2. The van der Waals surface area contributed by atoms with E-state index in [1.165, 1.54) is 0 Å². The Hall–Kier alpha value is -2.70. The fourth-order valence-corrected chi connectivity index (χ4v) is 2.50. The van der Waals surface area contributed by atoms with E-state index in [0.717, 1.165) is 11.3 Å². The van der Waals surface area contributed by atoms with Gasteiger partial charge in [-0.2, -0.15) is 0 Å². The van der Waals surface area contributed by atoms with Crippen molar-refractivity contribution < 1.29 is 19.2 Å². The van der Waals surface area contributed by atoms with Crippen LogP contribution in [0.3, 0.4) is 0 Å². The van der Waals surface area contributed by atoms with Crippen molar-refractivity contribution in [2.75, 3.05) is 6.54 Å². The molecule has 7 nitrogen and oxygen atoms in total. The summed E-state index contributed by atoms with van der Waals surface area (Å²) in [7, 11) is 0. The van der Waals surface area contributed by atoms with Crippen LogP contribution >= 0.6 is 0 Å². The van der Waals surface area contributed by atoms with Gasteiger partial charge in [0, 0.05) is 19.0 Å². The molecule has 0 fully saturated rings. The molecule has 0 unspecified atom stereocenters. The first-order chi connectivity index (χ1) is 11.8. The van der Waals surface area contributed by atoms with Crippen molar-refractivity contribution in [3.05, 3.63) is 35.4 Å². The minimum atomic E-state index is -0.677. The molecule has 1 aliphatic rings. The second-order valence-electron chi connectivity index (χ2n) is 6.16. The molecule has 0 aromatic heterocycles. The van der Waals surface area contributed by atoms with E-state index in [9.17, 15) is 19.2 Å². The van der Waals surface area contributed by atoms with Crippen molar-refractivity contribution in [3.63, 3.8) is 0 Å². The molecule has 1 aromatic rings. The first-order valence-corrected chi connectivity index (χ1v) is 8.40. The van der Waals surface area contributed by atoms with Crippen LogP contribution < -0.4 is 10.6 Å². The van der Waals surface area contributed by atoms with E-state index in [1.54, 1.807) is 31.2 Å². The summed E-state index contributed by atoms with van der Waals surface area (Å²) in [6, 6.07) is 5.93. The molecule has 0 saturated heterocycles. The molecule has 7 heteroatoms. The fraction of sp³-hybridized carbons (Fsp3) is 0.444. The standard InChI is InChI=1S/C18H23N3O4/c1-4-11(2)19-16(23)12(3)20-15(22)9-10-21-17(24)13-7-5-6-8-14(13)18(21)25/h5-8,11-12H,4,9-10H2,1-3H3,(H,19,23)(H,20,22)/t11-,12+/m0/s1. The number of nitrogens with zero attached hydrogens (tertiary/aromatic N) is 1. The van der Waals surface area contributed by atoms with E-state index in [2.05, 4.69) is 10.6 Å². The van der Waals surface area contributed by atoms with Gasteiger partial charge in [-0.3, -0.25) is 24.1 Å². The number of imide groups is 1. The summed E-state index contributed by atoms with van der Waals surface area (Å²) in [5.41, 5.74) is 0.711. The quantitative estimate of drug-likeness (QED) is 0.723. The highest BCUT2D eigenvalue weighted by atomic mass is 16.2. The zero-order valence-corrected chi connectivity index (χ0v) is 14.7. The summed E-state index contributed by atoms with van der Waals surface area (Å²) in [5, 5.41) is 5.37. The highest BCUT2D eigenvalue weighted by Crippen LogP contribution is 2.22. The van der Waals surface area contributed by atoms with Crippen LogP contribution in [-0.2, 0) is 9.59 Å². The molecular weight excluding hydrogens is 322 g/mol. The largest absolute Gasteiger partial charge is 0.352 e. The molecule has 4 amide bonds. The lowest BCUT2D eigenvalue weighted by atomic mass is 10.1. The third-order valence-corrected chi connectivity index (χ3v) is 4.21. The van der Waals surface area contributed by atoms with E-state index >= 15 is 0 Å². The van der Waals surface area contributed by atoms with Crippen molar-refractivity contribution in [1.29, 1.82) is 0 Å². The molecule has 25 heavy (non-hydrogen) atoms. The van der Waals surface area contributed by atoms with Crippen LogP contribution in [-0.4, -0.2) is 47.2 Å². The summed E-state index contributed by atoms with van der Waals surface area (Å²) in [6.45, 7) is 5.42. The smallest absolute Gasteiger partial charge is 0.261 e. The van der Waals surface area contributed by atoms with Crippen molar-refractivity contribution >= 4 is 23.6 Å². The lowest BCUT2D eigenvalue weighted by Gasteiger charge is -2.18. The Bertz CT molecular complexity index is 666. The van der Waals surface area contributed by atoms with Crippen LogP contribution in [0, 0.1) is 0 Å². The monoisotopic (exact) mass is 345 g/mol. The van der Waals surface area contributed by atoms with Crippen LogP contribution in [0.15, 0.2) is 24.3 Å². The van der Waals surface area contributed by atoms with E-state index in [-0.39, 0.29) is 30.8 Å². The molecule has 2 atom stereocenters. The molecule has 1 heterocycles. The van der Waals surface area contributed by atoms with Gasteiger partial charge in [-0.1, -0.05) is 19.1 Å². The topological polar surface area (TPSA) is 95.6 Å². The molecule has 1 aromatic carbocycles. The van der Waals surface area contributed by atoms with E-state index in [1.807, 2.05) is 13.8 Å². The molecule has 0 radical (unpaired) electrons. The Balaban J connectivity index is 1.86. The SMILES string of the molecule is CC[C@H](C)NC(=O)[C@@H](C)NC(=O)CCN1C(=O)c2ccccc2C1=O. The van der Waals surface area contributed by atoms with Gasteiger partial charge in [-0.15, -0.1) is 0 Å². The van der Waals surface area contributed by atoms with Gasteiger partial charge in [0.25, 0.3) is 11.8 Å². The van der Waals surface area contributed by atoms with Gasteiger partial charge in [0.05, 0.1) is 11.1 Å². The van der Waals surface area contributed by atoms with Gasteiger partial charge >= 0.3 is 0 Å². The van der Waals surface area contributed by atoms with E-state index in [4.69, 9.17) is 0 Å². The van der Waals surface area contributed by atoms with Crippen LogP contribution in [0.2, 0.25) is 0 Å². The van der Waals surface area contributed by atoms with Gasteiger partial charge in [0.15, 0.2) is 0 Å². The van der Waals surface area contributed by atoms with Crippen LogP contribution in [0.5, 0.6) is 0 Å². The number of fused-ring (bicyclic) bond motifs is 1. The third-order valence-electron chi connectivity index (χ3n) is 4.21. The zero-order valence-electron chi connectivity index (χ0n) is 14.7. The molecule has 0 bridgehead atoms. The maximum atomic E-state index is 12.2. The summed E-state index contributed by atoms with van der Waals surface area (Å²) in [4.78, 5) is 49.4. The molecule has 0 spiro atoms. The Morgan fingerprint density at radius 2 is 1.60 bits per heavy atom. The van der Waals surface area contributed by atoms with E-state index < -0.39 is 17.9 Å². The van der Waals surface area contributed by atoms with Crippen LogP contribution in [0.4, 0.5) is 0 Å². The van der Waals surface area contributed by atoms with Crippen LogP contribution in [0.25, 0.3) is 0 Å². The molecular formula is C18H23N3O4. The van der Waals surface area contributed by atoms with Gasteiger partial charge in [-0.05, 0) is 32.4 Å². The Kier molecular flexibility index (Phi) is 5.90. The predicted molar refractivity (Wildman–Crippen MR) is 91.9 cm³/mol. The van der Waals surface area contributed by atoms with E-state index in [0.29, 0.717) is 11.1 Å². The van der Waals surface area contributed by atoms with Crippen molar-refractivity contribution in [1.82, 2.24) is 15.5 Å². The summed E-state index contributed by atoms with van der Waals surface area (Å²) >= 11 is 0. The lowest BCUT2D eigenvalue weighted by Crippen LogP contribution is -2.47. The third kappa shape index (κ3) is 4.23. The average Bonchev–Trinajstić information content (AvgIpc) is 2.84. The molecule has 2 N–H and O–H groups in total. The second-order valence-corrected chi connectivity index (χ2v) is 6.16. The number of hydrogen-bond acceptors (Lipinski definition) is 4. The Morgan fingerprint density at radius 3 is 2.12 bits per heavy atom. The molecule has 2 rings (SSSR count). The summed E-state index contributed by atoms with van der Waals surface area (Å²) in [6.07, 6.45) is 0.749. The molecule has 1 aliphatic heterocycles. The highest BCUT2D eigenvalue weighted by molar-refractivity contribution is 6.21. The number of hydrogen-bond donors (Lipinski definition) is 2. The Morgan fingerprint density at radius 1 is 1.04 bits per heavy atom. The van der Waals surface area contributed by atoms with Crippen LogP contribution in [0.1, 0.15) is 54.3 Å². The average molecular weight is 345 g/mol. The number of amides is 4. The maximum Gasteiger partial charge on any atom is 0.261 e. The second kappa shape index (κ2) is 7.92. The maximum absolute atomic E-state index is 12.2. The molecule has 134 valence electrons. The first kappa shape index (κ1) is 18.6. The zero-order chi connectivity index (χ0) is 18.6. The highest BCUT2D eigenvalue weighted by Gasteiger charge is 2.35. The minimum Gasteiger partial charge on any atom is -0.352 e. The molecule has 0 saturated carbocycles. The van der Waals surface area contributed by atoms with Gasteiger partial charge < -0.3 is 10.6 Å². The normalized spacial score (nSPS) is 15.6. The number of rotatable bonds is 7.